The number of fused-ring (bicyclic) bond motifs is 1. The Morgan fingerprint density at radius 3 is 2.23 bits per heavy atom. The van der Waals surface area contributed by atoms with Gasteiger partial charge in [-0.1, -0.05) is 54.4 Å². The fourth-order valence-corrected chi connectivity index (χ4v) is 3.73. The zero-order valence-electron chi connectivity index (χ0n) is 16.0. The highest BCUT2D eigenvalue weighted by Gasteiger charge is 2.20. The molecule has 1 aliphatic rings. The van der Waals surface area contributed by atoms with E-state index in [1.165, 1.54) is 27.5 Å². The summed E-state index contributed by atoms with van der Waals surface area (Å²) in [6.45, 7) is 12.0. The molecule has 1 saturated heterocycles. The Labute approximate surface area is 156 Å². The zero-order chi connectivity index (χ0) is 18.1. The van der Waals surface area contributed by atoms with Gasteiger partial charge in [0.05, 0.1) is 5.69 Å². The van der Waals surface area contributed by atoms with Crippen molar-refractivity contribution < 1.29 is 0 Å². The predicted octanol–water partition coefficient (Wildman–Crippen LogP) is 4.66. The second-order valence-corrected chi connectivity index (χ2v) is 7.34. The molecule has 0 N–H and O–H groups in total. The summed E-state index contributed by atoms with van der Waals surface area (Å²) in [7, 11) is 0. The van der Waals surface area contributed by atoms with Crippen LogP contribution in [0.1, 0.15) is 18.1 Å². The molecule has 0 unspecified atom stereocenters. The Kier molecular flexibility index (Phi) is 4.64. The number of benzene rings is 2. The molecule has 0 radical (unpaired) electrons. The molecule has 0 saturated carbocycles. The second-order valence-electron chi connectivity index (χ2n) is 7.34. The van der Waals surface area contributed by atoms with Gasteiger partial charge in [0.1, 0.15) is 5.82 Å². The van der Waals surface area contributed by atoms with Gasteiger partial charge in [-0.2, -0.15) is 0 Å². The molecular weight excluding hydrogens is 318 g/mol. The zero-order valence-corrected chi connectivity index (χ0v) is 16.0. The standard InChI is InChI=1S/C23H27N3/c1-4-25-11-13-26(14-12-25)23-21-15-18(3)7-10-20(21)16-22(24-23)19-8-5-17(2)6-9-19/h5-10,15-16H,4,11-14H2,1-3H3. The van der Waals surface area contributed by atoms with Gasteiger partial charge in [-0.25, -0.2) is 4.98 Å². The SMILES string of the molecule is CCN1CCN(c2nc(-c3ccc(C)cc3)cc3ccc(C)cc23)CC1. The smallest absolute Gasteiger partial charge is 0.137 e. The van der Waals surface area contributed by atoms with Gasteiger partial charge in [-0.05, 0) is 37.9 Å². The first-order chi connectivity index (χ1) is 12.6. The summed E-state index contributed by atoms with van der Waals surface area (Å²) < 4.78 is 0. The van der Waals surface area contributed by atoms with Crippen molar-refractivity contribution in [3.8, 4) is 11.3 Å². The van der Waals surface area contributed by atoms with Crippen molar-refractivity contribution in [1.29, 1.82) is 0 Å². The molecule has 134 valence electrons. The van der Waals surface area contributed by atoms with E-state index in [1.54, 1.807) is 0 Å². The van der Waals surface area contributed by atoms with E-state index in [1.807, 2.05) is 0 Å². The number of aromatic nitrogens is 1. The van der Waals surface area contributed by atoms with Crippen molar-refractivity contribution in [3.05, 3.63) is 59.7 Å². The van der Waals surface area contributed by atoms with E-state index >= 15 is 0 Å². The fourth-order valence-electron chi connectivity index (χ4n) is 3.73. The summed E-state index contributed by atoms with van der Waals surface area (Å²) in [6, 6.07) is 17.6. The number of piperazine rings is 1. The first kappa shape index (κ1) is 17.0. The average molecular weight is 345 g/mol. The first-order valence-corrected chi connectivity index (χ1v) is 9.60. The van der Waals surface area contributed by atoms with Gasteiger partial charge in [-0.3, -0.25) is 0 Å². The summed E-state index contributed by atoms with van der Waals surface area (Å²) in [5, 5.41) is 2.54. The average Bonchev–Trinajstić information content (AvgIpc) is 2.68. The van der Waals surface area contributed by atoms with Crippen LogP contribution in [0.25, 0.3) is 22.0 Å². The molecular formula is C23H27N3. The van der Waals surface area contributed by atoms with Crippen LogP contribution >= 0.6 is 0 Å². The molecule has 0 aliphatic carbocycles. The Hall–Kier alpha value is -2.39. The molecule has 3 aromatic rings. The van der Waals surface area contributed by atoms with Crippen molar-refractivity contribution in [3.63, 3.8) is 0 Å². The molecule has 2 heterocycles. The van der Waals surface area contributed by atoms with Crippen LogP contribution in [0.15, 0.2) is 48.5 Å². The molecule has 1 aliphatic heterocycles. The number of rotatable bonds is 3. The number of aryl methyl sites for hydroxylation is 2. The Bertz CT molecular complexity index is 907. The maximum Gasteiger partial charge on any atom is 0.137 e. The topological polar surface area (TPSA) is 19.4 Å². The van der Waals surface area contributed by atoms with Gasteiger partial charge < -0.3 is 9.80 Å². The third-order valence-corrected chi connectivity index (χ3v) is 5.43. The molecule has 2 aromatic carbocycles. The molecule has 3 nitrogen and oxygen atoms in total. The van der Waals surface area contributed by atoms with Gasteiger partial charge in [0, 0.05) is 37.1 Å². The highest BCUT2D eigenvalue weighted by molar-refractivity contribution is 5.95. The summed E-state index contributed by atoms with van der Waals surface area (Å²) in [5.74, 6) is 1.14. The third-order valence-electron chi connectivity index (χ3n) is 5.43. The third kappa shape index (κ3) is 3.32. The van der Waals surface area contributed by atoms with Gasteiger partial charge in [0.25, 0.3) is 0 Å². The van der Waals surface area contributed by atoms with E-state index in [4.69, 9.17) is 4.98 Å². The summed E-state index contributed by atoms with van der Waals surface area (Å²) in [6.07, 6.45) is 0. The van der Waals surface area contributed by atoms with Crippen LogP contribution in [0, 0.1) is 13.8 Å². The van der Waals surface area contributed by atoms with Gasteiger partial charge >= 0.3 is 0 Å². The van der Waals surface area contributed by atoms with E-state index in [-0.39, 0.29) is 0 Å². The molecule has 4 rings (SSSR count). The monoisotopic (exact) mass is 345 g/mol. The summed E-state index contributed by atoms with van der Waals surface area (Å²) in [4.78, 5) is 10.1. The highest BCUT2D eigenvalue weighted by atomic mass is 15.3. The Balaban J connectivity index is 1.81. The lowest BCUT2D eigenvalue weighted by atomic mass is 10.0. The quantitative estimate of drug-likeness (QED) is 0.688. The molecule has 0 amide bonds. The van der Waals surface area contributed by atoms with E-state index in [0.29, 0.717) is 0 Å². The molecule has 1 fully saturated rings. The van der Waals surface area contributed by atoms with Crippen LogP contribution in [-0.2, 0) is 0 Å². The minimum absolute atomic E-state index is 1.04. The van der Waals surface area contributed by atoms with Crippen LogP contribution < -0.4 is 4.90 Å². The van der Waals surface area contributed by atoms with Crippen molar-refractivity contribution in [1.82, 2.24) is 9.88 Å². The number of anilines is 1. The number of nitrogens with zero attached hydrogens (tertiary/aromatic N) is 3. The summed E-state index contributed by atoms with van der Waals surface area (Å²) in [5.41, 5.74) is 4.82. The Morgan fingerprint density at radius 1 is 0.846 bits per heavy atom. The van der Waals surface area contributed by atoms with Crippen molar-refractivity contribution >= 4 is 16.6 Å². The fraction of sp³-hybridized carbons (Fsp3) is 0.348. The molecule has 26 heavy (non-hydrogen) atoms. The minimum atomic E-state index is 1.04. The minimum Gasteiger partial charge on any atom is -0.354 e. The van der Waals surface area contributed by atoms with Crippen LogP contribution in [0.2, 0.25) is 0 Å². The molecule has 3 heteroatoms. The molecule has 1 aromatic heterocycles. The lowest BCUT2D eigenvalue weighted by Gasteiger charge is -2.35. The van der Waals surface area contributed by atoms with Crippen LogP contribution in [0.4, 0.5) is 5.82 Å². The van der Waals surface area contributed by atoms with E-state index < -0.39 is 0 Å². The number of hydrogen-bond donors (Lipinski definition) is 0. The molecule has 0 bridgehead atoms. The number of likely N-dealkylation sites (N-methyl/N-ethyl adjacent to an activating group) is 1. The molecule has 0 atom stereocenters. The maximum atomic E-state index is 5.12. The van der Waals surface area contributed by atoms with E-state index in [9.17, 15) is 0 Å². The van der Waals surface area contributed by atoms with E-state index in [2.05, 4.69) is 79.1 Å². The largest absolute Gasteiger partial charge is 0.354 e. The number of pyridine rings is 1. The van der Waals surface area contributed by atoms with Crippen molar-refractivity contribution in [2.45, 2.75) is 20.8 Å². The van der Waals surface area contributed by atoms with Crippen LogP contribution in [0.5, 0.6) is 0 Å². The van der Waals surface area contributed by atoms with E-state index in [0.717, 1.165) is 44.2 Å². The lowest BCUT2D eigenvalue weighted by molar-refractivity contribution is 0.271. The Morgan fingerprint density at radius 2 is 1.54 bits per heavy atom. The van der Waals surface area contributed by atoms with Crippen LogP contribution in [-0.4, -0.2) is 42.6 Å². The second kappa shape index (κ2) is 7.08. The molecule has 0 spiro atoms. The predicted molar refractivity (Wildman–Crippen MR) is 111 cm³/mol. The normalized spacial score (nSPS) is 15.6. The van der Waals surface area contributed by atoms with Crippen LogP contribution in [0.3, 0.4) is 0 Å². The van der Waals surface area contributed by atoms with Crippen molar-refractivity contribution in [2.24, 2.45) is 0 Å². The highest BCUT2D eigenvalue weighted by Crippen LogP contribution is 2.31. The van der Waals surface area contributed by atoms with Crippen molar-refractivity contribution in [2.75, 3.05) is 37.6 Å². The maximum absolute atomic E-state index is 5.12. The lowest BCUT2D eigenvalue weighted by Crippen LogP contribution is -2.46. The summed E-state index contributed by atoms with van der Waals surface area (Å²) >= 11 is 0. The first-order valence-electron chi connectivity index (χ1n) is 9.60. The van der Waals surface area contributed by atoms with Gasteiger partial charge in [-0.15, -0.1) is 0 Å². The van der Waals surface area contributed by atoms with Gasteiger partial charge in [0.15, 0.2) is 0 Å². The van der Waals surface area contributed by atoms with Gasteiger partial charge in [0.2, 0.25) is 0 Å². The number of hydrogen-bond acceptors (Lipinski definition) is 3.